The molecule has 13 heteroatoms. The third kappa shape index (κ3) is 7.16. The highest BCUT2D eigenvalue weighted by molar-refractivity contribution is 9.10. The van der Waals surface area contributed by atoms with Gasteiger partial charge in [0.2, 0.25) is 5.91 Å². The molecule has 1 amide bonds. The van der Waals surface area contributed by atoms with Gasteiger partial charge in [-0.15, -0.1) is 0 Å². The van der Waals surface area contributed by atoms with Crippen molar-refractivity contribution in [3.8, 4) is 5.75 Å². The van der Waals surface area contributed by atoms with E-state index in [0.29, 0.717) is 23.0 Å². The second-order valence-electron chi connectivity index (χ2n) is 7.13. The minimum atomic E-state index is -4.70. The van der Waals surface area contributed by atoms with Crippen LogP contribution in [0.15, 0.2) is 47.0 Å². The van der Waals surface area contributed by atoms with E-state index in [0.717, 1.165) is 10.3 Å². The van der Waals surface area contributed by atoms with Crippen LogP contribution in [0.4, 0.5) is 13.2 Å². The van der Waals surface area contributed by atoms with Gasteiger partial charge in [0.05, 0.1) is 17.9 Å². The Labute approximate surface area is 204 Å². The fraction of sp³-hybridized carbons (Fsp3) is 0.381. The Morgan fingerprint density at radius 2 is 1.79 bits per heavy atom. The van der Waals surface area contributed by atoms with Crippen LogP contribution in [-0.2, 0) is 41.3 Å². The number of allylic oxidation sites excluding steroid dienone is 1. The molecule has 1 unspecified atom stereocenters. The van der Waals surface area contributed by atoms with Gasteiger partial charge >= 0.3 is 18.1 Å². The SMILES string of the molecule is COc1ccc(COC(=O)C(=C(C)C)N2C(=O)[C@H](Br)[C@H]2S(=O)C=CC(=O)OCC(F)(F)F)cc1. The number of nitrogens with zero attached hydrogens (tertiary/aromatic N) is 1. The topological polar surface area (TPSA) is 99.2 Å². The fourth-order valence-corrected chi connectivity index (χ4v) is 5.05. The molecular weight excluding hydrogens is 547 g/mol. The molecule has 1 aliphatic rings. The van der Waals surface area contributed by atoms with Crippen molar-refractivity contribution in [2.45, 2.75) is 36.8 Å². The number of hydrogen-bond donors (Lipinski definition) is 0. The largest absolute Gasteiger partial charge is 0.497 e. The standard InChI is InChI=1S/C21H21BrF3NO7S/c1-12(2)17(20(29)32-10-13-4-6-14(31-3)7-5-13)26-18(28)16(22)19(26)34(30)9-8-15(27)33-11-21(23,24)25/h4-9,16,19H,10-11H2,1-3H3/t16-,19+,34?/m0/s1. The maximum Gasteiger partial charge on any atom is 0.422 e. The van der Waals surface area contributed by atoms with Gasteiger partial charge in [0, 0.05) is 11.5 Å². The molecule has 0 saturated carbocycles. The van der Waals surface area contributed by atoms with Gasteiger partial charge in [0.1, 0.15) is 28.3 Å². The van der Waals surface area contributed by atoms with Gasteiger partial charge in [0.25, 0.3) is 0 Å². The van der Waals surface area contributed by atoms with Gasteiger partial charge in [-0.1, -0.05) is 28.1 Å². The molecule has 0 radical (unpaired) electrons. The number of benzene rings is 1. The quantitative estimate of drug-likeness (QED) is 0.195. The van der Waals surface area contributed by atoms with Crippen molar-refractivity contribution in [2.24, 2.45) is 0 Å². The number of alkyl halides is 4. The predicted octanol–water partition coefficient (Wildman–Crippen LogP) is 3.33. The van der Waals surface area contributed by atoms with Crippen molar-refractivity contribution in [3.05, 3.63) is 52.6 Å². The van der Waals surface area contributed by atoms with Crippen LogP contribution in [0.5, 0.6) is 5.75 Å². The van der Waals surface area contributed by atoms with Gasteiger partial charge in [-0.3, -0.25) is 13.9 Å². The average molecular weight is 568 g/mol. The zero-order valence-corrected chi connectivity index (χ0v) is 20.7. The molecule has 0 aromatic heterocycles. The van der Waals surface area contributed by atoms with E-state index in [1.165, 1.54) is 7.11 Å². The number of carbonyl (C=O) groups is 3. The lowest BCUT2D eigenvalue weighted by atomic mass is 10.1. The number of ether oxygens (including phenoxy) is 3. The van der Waals surface area contributed by atoms with Gasteiger partial charge < -0.3 is 14.2 Å². The molecule has 1 aromatic rings. The Kier molecular flexibility index (Phi) is 9.45. The summed E-state index contributed by atoms with van der Waals surface area (Å²) in [6.07, 6.45) is -4.13. The van der Waals surface area contributed by atoms with Crippen LogP contribution in [0, 0.1) is 0 Å². The second-order valence-corrected chi connectivity index (χ2v) is 9.53. The highest BCUT2D eigenvalue weighted by atomic mass is 79.9. The molecule has 1 aromatic carbocycles. The first kappa shape index (κ1) is 27.6. The minimum Gasteiger partial charge on any atom is -0.497 e. The number of methoxy groups -OCH3 is 1. The number of carbonyl (C=O) groups excluding carboxylic acids is 3. The van der Waals surface area contributed by atoms with Crippen LogP contribution in [0.3, 0.4) is 0 Å². The molecule has 34 heavy (non-hydrogen) atoms. The van der Waals surface area contributed by atoms with Crippen LogP contribution in [0.1, 0.15) is 19.4 Å². The summed E-state index contributed by atoms with van der Waals surface area (Å²) in [4.78, 5) is 36.7. The van der Waals surface area contributed by atoms with E-state index < -0.39 is 51.6 Å². The van der Waals surface area contributed by atoms with Gasteiger partial charge in [0.15, 0.2) is 6.61 Å². The molecule has 0 bridgehead atoms. The van der Waals surface area contributed by atoms with E-state index >= 15 is 0 Å². The van der Waals surface area contributed by atoms with Crippen molar-refractivity contribution < 1.29 is 46.0 Å². The first-order chi connectivity index (χ1) is 15.9. The van der Waals surface area contributed by atoms with Crippen LogP contribution < -0.4 is 4.74 Å². The fourth-order valence-electron chi connectivity index (χ4n) is 2.77. The molecule has 0 spiro atoms. The lowest BCUT2D eigenvalue weighted by molar-refractivity contribution is -0.182. The average Bonchev–Trinajstić information content (AvgIpc) is 2.78. The summed E-state index contributed by atoms with van der Waals surface area (Å²) in [7, 11) is -0.550. The summed E-state index contributed by atoms with van der Waals surface area (Å²) in [5.74, 6) is -2.13. The highest BCUT2D eigenvalue weighted by Gasteiger charge is 2.52. The van der Waals surface area contributed by atoms with Gasteiger partial charge in [-0.05, 0) is 37.1 Å². The maximum atomic E-state index is 12.8. The smallest absolute Gasteiger partial charge is 0.422 e. The van der Waals surface area contributed by atoms with Gasteiger partial charge in [-0.25, -0.2) is 9.59 Å². The van der Waals surface area contributed by atoms with Crippen molar-refractivity contribution in [1.82, 2.24) is 4.90 Å². The molecule has 186 valence electrons. The van der Waals surface area contributed by atoms with Gasteiger partial charge in [-0.2, -0.15) is 13.2 Å². The molecule has 2 rings (SSSR count). The monoisotopic (exact) mass is 567 g/mol. The molecule has 1 saturated heterocycles. The van der Waals surface area contributed by atoms with E-state index in [-0.39, 0.29) is 12.3 Å². The Morgan fingerprint density at radius 3 is 2.32 bits per heavy atom. The highest BCUT2D eigenvalue weighted by Crippen LogP contribution is 2.35. The van der Waals surface area contributed by atoms with E-state index in [9.17, 15) is 31.8 Å². The molecule has 1 aliphatic heterocycles. The number of halogens is 4. The summed E-state index contributed by atoms with van der Waals surface area (Å²) in [5.41, 5.74) is 0.944. The third-order valence-corrected chi connectivity index (χ3v) is 6.98. The molecule has 0 N–H and O–H groups in total. The van der Waals surface area contributed by atoms with Crippen molar-refractivity contribution in [1.29, 1.82) is 0 Å². The summed E-state index contributed by atoms with van der Waals surface area (Å²) in [6, 6.07) is 6.76. The number of esters is 2. The zero-order chi connectivity index (χ0) is 25.6. The van der Waals surface area contributed by atoms with Crippen LogP contribution in [0.25, 0.3) is 0 Å². The van der Waals surface area contributed by atoms with E-state index in [2.05, 4.69) is 20.7 Å². The number of hydrogen-bond acceptors (Lipinski definition) is 7. The summed E-state index contributed by atoms with van der Waals surface area (Å²) < 4.78 is 63.4. The Morgan fingerprint density at radius 1 is 1.18 bits per heavy atom. The summed E-state index contributed by atoms with van der Waals surface area (Å²) in [5, 5.41) is -0.292. The van der Waals surface area contributed by atoms with Crippen molar-refractivity contribution in [2.75, 3.05) is 13.7 Å². The molecule has 1 fully saturated rings. The number of likely N-dealkylation sites (tertiary alicyclic amines) is 1. The maximum absolute atomic E-state index is 12.8. The normalized spacial score (nSPS) is 18.8. The first-order valence-corrected chi connectivity index (χ1v) is 11.8. The van der Waals surface area contributed by atoms with E-state index in [1.54, 1.807) is 38.1 Å². The number of rotatable bonds is 9. The van der Waals surface area contributed by atoms with E-state index in [4.69, 9.17) is 9.47 Å². The second kappa shape index (κ2) is 11.6. The minimum absolute atomic E-state index is 0.0991. The van der Waals surface area contributed by atoms with Crippen molar-refractivity contribution >= 4 is 44.6 Å². The zero-order valence-electron chi connectivity index (χ0n) is 18.3. The number of β-lactam (4-membered cyclic amide) rings is 1. The lowest BCUT2D eigenvalue weighted by Gasteiger charge is -2.43. The Balaban J connectivity index is 2.10. The Bertz CT molecular complexity index is 1020. The predicted molar refractivity (Wildman–Crippen MR) is 119 cm³/mol. The van der Waals surface area contributed by atoms with E-state index in [1.807, 2.05) is 0 Å². The summed E-state index contributed by atoms with van der Waals surface area (Å²) in [6.45, 7) is 1.23. The van der Waals surface area contributed by atoms with Crippen LogP contribution in [0.2, 0.25) is 0 Å². The number of amides is 1. The third-order valence-electron chi connectivity index (χ3n) is 4.37. The lowest BCUT2D eigenvalue weighted by Crippen LogP contribution is -2.63. The van der Waals surface area contributed by atoms with Crippen molar-refractivity contribution in [3.63, 3.8) is 0 Å². The first-order valence-electron chi connectivity index (χ1n) is 9.61. The molecule has 1 heterocycles. The molecule has 0 aliphatic carbocycles. The van der Waals surface area contributed by atoms with Crippen LogP contribution in [-0.4, -0.2) is 57.0 Å². The molecule has 8 nitrogen and oxygen atoms in total. The molecular formula is C21H21BrF3NO7S. The van der Waals surface area contributed by atoms with Crippen LogP contribution >= 0.6 is 15.9 Å². The Hall–Kier alpha value is -2.67. The summed E-state index contributed by atoms with van der Waals surface area (Å²) >= 11 is 3.08. The molecule has 3 atom stereocenters.